The fourth-order valence-electron chi connectivity index (χ4n) is 5.88. The molecule has 0 aromatic carbocycles. The van der Waals surface area contributed by atoms with Crippen molar-refractivity contribution in [3.63, 3.8) is 0 Å². The monoisotopic (exact) mass is 492 g/mol. The first-order chi connectivity index (χ1) is 15.7. The molecule has 3 aliphatic carbocycles. The van der Waals surface area contributed by atoms with Crippen LogP contribution in [0.1, 0.15) is 79.6 Å². The highest BCUT2D eigenvalue weighted by molar-refractivity contribution is 7.96. The van der Waals surface area contributed by atoms with Crippen LogP contribution >= 0.6 is 0 Å². The van der Waals surface area contributed by atoms with Gasteiger partial charge in [0.2, 0.25) is 15.0 Å². The molecule has 3 rings (SSSR count). The van der Waals surface area contributed by atoms with Crippen molar-refractivity contribution in [2.45, 2.75) is 96.5 Å². The molecule has 0 aromatic heterocycles. The maximum Gasteiger partial charge on any atom is 0.211 e. The Bertz CT molecular complexity index is 1040. The van der Waals surface area contributed by atoms with E-state index in [1.54, 1.807) is 0 Å². The van der Waals surface area contributed by atoms with Gasteiger partial charge in [-0.25, -0.2) is 8.42 Å². The van der Waals surface area contributed by atoms with Crippen molar-refractivity contribution in [3.05, 3.63) is 58.3 Å². The van der Waals surface area contributed by atoms with Crippen LogP contribution in [0.5, 0.6) is 0 Å². The lowest BCUT2D eigenvalue weighted by Crippen LogP contribution is -2.32. The van der Waals surface area contributed by atoms with Crippen LogP contribution in [0.3, 0.4) is 0 Å². The zero-order chi connectivity index (χ0) is 25.5. The quantitative estimate of drug-likeness (QED) is 0.455. The third kappa shape index (κ3) is 5.19. The van der Waals surface area contributed by atoms with Crippen LogP contribution in [-0.4, -0.2) is 35.6 Å². The van der Waals surface area contributed by atoms with Gasteiger partial charge in [-0.15, -0.1) is 0 Å². The molecule has 0 amide bonds. The van der Waals surface area contributed by atoms with Crippen LogP contribution in [0.15, 0.2) is 58.3 Å². The first-order valence-corrected chi connectivity index (χ1v) is 13.9. The molecule has 0 bridgehead atoms. The minimum absolute atomic E-state index is 0.0299. The summed E-state index contributed by atoms with van der Waals surface area (Å²) < 4.78 is 38.2. The van der Waals surface area contributed by atoms with E-state index in [4.69, 9.17) is 0 Å². The average Bonchev–Trinajstić information content (AvgIpc) is 3.09. The Balaban J connectivity index is 1.77. The Kier molecular flexibility index (Phi) is 7.86. The molecule has 190 valence electrons. The van der Waals surface area contributed by atoms with Crippen LogP contribution < -0.4 is 0 Å². The van der Waals surface area contributed by atoms with Crippen LogP contribution in [0, 0.1) is 17.3 Å². The van der Waals surface area contributed by atoms with Gasteiger partial charge in [0.1, 0.15) is 0 Å². The fourth-order valence-corrected chi connectivity index (χ4v) is 6.78. The lowest BCUT2D eigenvalue weighted by molar-refractivity contribution is 0.0862. The summed E-state index contributed by atoms with van der Waals surface area (Å²) in [5, 5.41) is 19.1. The second kappa shape index (κ2) is 9.87. The largest absolute Gasteiger partial charge is 0.393 e. The summed E-state index contributed by atoms with van der Waals surface area (Å²) in [6.07, 6.45) is 11.7. The van der Waals surface area contributed by atoms with Crippen LogP contribution in [0.25, 0.3) is 0 Å². The first kappa shape index (κ1) is 27.1. The summed E-state index contributed by atoms with van der Waals surface area (Å²) in [5.74, 6) is 0.409. The topological polar surface area (TPSA) is 74.6 Å². The van der Waals surface area contributed by atoms with E-state index in [9.17, 15) is 23.0 Å². The van der Waals surface area contributed by atoms with Crippen LogP contribution in [0.2, 0.25) is 0 Å². The standard InChI is InChI=1S/C28H41FO4S/c1-18(9-14-26(29)34(32,33)27(3,4)5)23-12-13-24-20(8-7-15-28(23,24)6)10-11-21-16-22(30)17-25(31)19(21)2/h10-12,14,18,22,24-25,30-31H,2,7-9,13,15-17H2,1,3-6H3/b20-10-,21-11+,26-14-/t18-,22?,24+,25?,28-/m1/s1. The molecule has 0 saturated heterocycles. The number of aliphatic hydroxyl groups is 2. The Morgan fingerprint density at radius 2 is 2.00 bits per heavy atom. The zero-order valence-corrected chi connectivity index (χ0v) is 22.1. The Hall–Kier alpha value is -1.50. The van der Waals surface area contributed by atoms with E-state index in [1.165, 1.54) is 38.0 Å². The van der Waals surface area contributed by atoms with Crippen molar-refractivity contribution in [2.75, 3.05) is 0 Å². The van der Waals surface area contributed by atoms with E-state index < -0.39 is 32.0 Å². The van der Waals surface area contributed by atoms with Crippen molar-refractivity contribution in [3.8, 4) is 0 Å². The molecule has 0 aliphatic heterocycles. The van der Waals surface area contributed by atoms with E-state index >= 15 is 0 Å². The molecule has 0 radical (unpaired) electrons. The van der Waals surface area contributed by atoms with Gasteiger partial charge in [-0.1, -0.05) is 49.8 Å². The third-order valence-corrected chi connectivity index (χ3v) is 10.4. The highest BCUT2D eigenvalue weighted by Crippen LogP contribution is 2.57. The van der Waals surface area contributed by atoms with Gasteiger partial charge in [-0.05, 0) is 93.8 Å². The Labute approximate surface area is 205 Å². The summed E-state index contributed by atoms with van der Waals surface area (Å²) in [4.78, 5) is 0. The van der Waals surface area contributed by atoms with Gasteiger partial charge in [0.05, 0.1) is 17.0 Å². The van der Waals surface area contributed by atoms with E-state index in [1.807, 2.05) is 6.08 Å². The van der Waals surface area contributed by atoms with Gasteiger partial charge in [-0.3, -0.25) is 0 Å². The number of hydrogen-bond donors (Lipinski definition) is 2. The molecule has 34 heavy (non-hydrogen) atoms. The summed E-state index contributed by atoms with van der Waals surface area (Å²) in [7, 11) is -3.96. The lowest BCUT2D eigenvalue weighted by atomic mass is 9.62. The molecule has 0 spiro atoms. The van der Waals surface area contributed by atoms with Gasteiger partial charge in [0.15, 0.2) is 0 Å². The van der Waals surface area contributed by atoms with Crippen molar-refractivity contribution < 1.29 is 23.0 Å². The van der Waals surface area contributed by atoms with E-state index in [2.05, 4.69) is 32.6 Å². The predicted octanol–water partition coefficient (Wildman–Crippen LogP) is 6.10. The summed E-state index contributed by atoms with van der Waals surface area (Å²) in [6.45, 7) is 12.9. The van der Waals surface area contributed by atoms with Gasteiger partial charge in [-0.2, -0.15) is 4.39 Å². The molecule has 3 aliphatic rings. The average molecular weight is 493 g/mol. The number of halogens is 1. The molecule has 2 saturated carbocycles. The molecular weight excluding hydrogens is 451 g/mol. The summed E-state index contributed by atoms with van der Waals surface area (Å²) in [5.41, 5.74) is 4.22. The Morgan fingerprint density at radius 3 is 2.65 bits per heavy atom. The lowest BCUT2D eigenvalue weighted by Gasteiger charge is -2.42. The van der Waals surface area contributed by atoms with Crippen molar-refractivity contribution >= 4 is 9.84 Å². The Morgan fingerprint density at radius 1 is 1.32 bits per heavy atom. The molecule has 5 atom stereocenters. The molecule has 2 fully saturated rings. The number of allylic oxidation sites excluding steroid dienone is 6. The summed E-state index contributed by atoms with van der Waals surface area (Å²) >= 11 is 0. The maximum absolute atomic E-state index is 14.6. The normalized spacial score (nSPS) is 34.4. The fraction of sp³-hybridized carbons (Fsp3) is 0.643. The molecule has 2 unspecified atom stereocenters. The van der Waals surface area contributed by atoms with Crippen LogP contribution in [0.4, 0.5) is 4.39 Å². The minimum atomic E-state index is -3.96. The SMILES string of the molecule is C=C1/C(=C/C=C2/CCC[C@]3(C)C([C@H](C)C/C=C(/F)S(=O)(=O)C(C)(C)C)=CC[C@@H]23)CC(O)CC1O. The van der Waals surface area contributed by atoms with Gasteiger partial charge in [0, 0.05) is 6.42 Å². The van der Waals surface area contributed by atoms with E-state index in [0.717, 1.165) is 31.3 Å². The molecule has 0 aromatic rings. The van der Waals surface area contributed by atoms with E-state index in [0.29, 0.717) is 30.8 Å². The predicted molar refractivity (Wildman–Crippen MR) is 136 cm³/mol. The smallest absolute Gasteiger partial charge is 0.211 e. The highest BCUT2D eigenvalue weighted by atomic mass is 32.2. The number of hydrogen-bond acceptors (Lipinski definition) is 4. The number of rotatable bonds is 5. The molecular formula is C28H41FO4S. The van der Waals surface area contributed by atoms with Crippen LogP contribution in [-0.2, 0) is 9.84 Å². The maximum atomic E-state index is 14.6. The molecule has 0 heterocycles. The van der Waals surface area contributed by atoms with Crippen molar-refractivity contribution in [1.29, 1.82) is 0 Å². The van der Waals surface area contributed by atoms with E-state index in [-0.39, 0.29) is 11.3 Å². The molecule has 2 N–H and O–H groups in total. The minimum Gasteiger partial charge on any atom is -0.393 e. The number of fused-ring (bicyclic) bond motifs is 1. The number of aliphatic hydroxyl groups excluding tert-OH is 2. The molecule has 6 heteroatoms. The van der Waals surface area contributed by atoms with Crippen molar-refractivity contribution in [1.82, 2.24) is 0 Å². The number of sulfone groups is 1. The van der Waals surface area contributed by atoms with Gasteiger partial charge in [0.25, 0.3) is 0 Å². The summed E-state index contributed by atoms with van der Waals surface area (Å²) in [6, 6.07) is 0. The zero-order valence-electron chi connectivity index (χ0n) is 21.3. The highest BCUT2D eigenvalue weighted by Gasteiger charge is 2.46. The second-order valence-corrected chi connectivity index (χ2v) is 14.2. The van der Waals surface area contributed by atoms with Gasteiger partial charge < -0.3 is 10.2 Å². The molecule has 4 nitrogen and oxygen atoms in total. The first-order valence-electron chi connectivity index (χ1n) is 12.4. The van der Waals surface area contributed by atoms with Gasteiger partial charge >= 0.3 is 0 Å². The second-order valence-electron chi connectivity index (χ2n) is 11.5. The van der Waals surface area contributed by atoms with Crippen molar-refractivity contribution in [2.24, 2.45) is 17.3 Å². The third-order valence-electron chi connectivity index (χ3n) is 8.10.